The van der Waals surface area contributed by atoms with Gasteiger partial charge in [-0.1, -0.05) is 12.1 Å². The molecular formula is C18H21NO6S. The highest BCUT2D eigenvalue weighted by molar-refractivity contribution is 7.92. The van der Waals surface area contributed by atoms with E-state index in [0.717, 1.165) is 0 Å². The number of carbonyl (C=O) groups excluding carboxylic acids is 1. The Balaban J connectivity index is 2.22. The predicted molar refractivity (Wildman–Crippen MR) is 97.1 cm³/mol. The summed E-state index contributed by atoms with van der Waals surface area (Å²) in [6.07, 6.45) is 0. The Bertz CT molecular complexity index is 879. The van der Waals surface area contributed by atoms with Gasteiger partial charge in [-0.2, -0.15) is 0 Å². The number of nitrogens with one attached hydrogen (secondary N) is 1. The molecule has 140 valence electrons. The number of anilines is 1. The lowest BCUT2D eigenvalue weighted by Gasteiger charge is -2.14. The molecule has 0 aliphatic rings. The number of ether oxygens (including phenoxy) is 3. The Labute approximate surface area is 152 Å². The molecule has 0 aliphatic carbocycles. The molecule has 0 saturated carbocycles. The summed E-state index contributed by atoms with van der Waals surface area (Å²) in [5.74, 6) is 0.340. The highest BCUT2D eigenvalue weighted by Gasteiger charge is 2.18. The van der Waals surface area contributed by atoms with Crippen molar-refractivity contribution >= 4 is 21.7 Å². The molecule has 0 heterocycles. The Morgan fingerprint density at radius 3 is 2.46 bits per heavy atom. The zero-order valence-corrected chi connectivity index (χ0v) is 15.6. The van der Waals surface area contributed by atoms with Crippen LogP contribution in [-0.4, -0.2) is 34.7 Å². The maximum atomic E-state index is 12.7. The Morgan fingerprint density at radius 2 is 1.81 bits per heavy atom. The van der Waals surface area contributed by atoms with Crippen molar-refractivity contribution in [2.75, 3.05) is 25.0 Å². The van der Waals surface area contributed by atoms with Gasteiger partial charge in [0.25, 0.3) is 10.0 Å². The molecule has 2 aromatic carbocycles. The van der Waals surface area contributed by atoms with Crippen molar-refractivity contribution in [1.29, 1.82) is 0 Å². The van der Waals surface area contributed by atoms with Crippen molar-refractivity contribution in [2.45, 2.75) is 18.7 Å². The summed E-state index contributed by atoms with van der Waals surface area (Å²) < 4.78 is 43.1. The second kappa shape index (κ2) is 8.57. The standard InChI is InChI=1S/C18H21NO6S/c1-4-24-17-8-6-5-7-15(17)19-26(21,22)14-9-10-16(13(2)11-14)25-12-18(20)23-3/h5-11,19H,4,12H2,1-3H3. The summed E-state index contributed by atoms with van der Waals surface area (Å²) in [4.78, 5) is 11.2. The summed E-state index contributed by atoms with van der Waals surface area (Å²) in [6.45, 7) is 3.69. The third-order valence-electron chi connectivity index (χ3n) is 3.46. The van der Waals surface area contributed by atoms with Crippen molar-refractivity contribution in [2.24, 2.45) is 0 Å². The van der Waals surface area contributed by atoms with Crippen LogP contribution in [0.15, 0.2) is 47.4 Å². The van der Waals surface area contributed by atoms with Crippen molar-refractivity contribution in [3.05, 3.63) is 48.0 Å². The smallest absolute Gasteiger partial charge is 0.343 e. The summed E-state index contributed by atoms with van der Waals surface area (Å²) in [5, 5.41) is 0. The average molecular weight is 379 g/mol. The first-order valence-corrected chi connectivity index (χ1v) is 9.40. The van der Waals surface area contributed by atoms with Gasteiger partial charge in [-0.05, 0) is 49.7 Å². The van der Waals surface area contributed by atoms with E-state index in [0.29, 0.717) is 29.4 Å². The van der Waals surface area contributed by atoms with Crippen molar-refractivity contribution < 1.29 is 27.4 Å². The molecule has 0 amide bonds. The number of methoxy groups -OCH3 is 1. The van der Waals surface area contributed by atoms with E-state index in [4.69, 9.17) is 9.47 Å². The molecule has 26 heavy (non-hydrogen) atoms. The minimum Gasteiger partial charge on any atom is -0.492 e. The molecule has 8 heteroatoms. The number of para-hydroxylation sites is 2. The molecule has 7 nitrogen and oxygen atoms in total. The number of benzene rings is 2. The van der Waals surface area contributed by atoms with Crippen LogP contribution in [0.25, 0.3) is 0 Å². The first-order chi connectivity index (χ1) is 12.4. The van der Waals surface area contributed by atoms with E-state index in [1.54, 1.807) is 31.2 Å². The first kappa shape index (κ1) is 19.6. The topological polar surface area (TPSA) is 90.9 Å². The van der Waals surface area contributed by atoms with Gasteiger partial charge in [0.1, 0.15) is 11.5 Å². The fourth-order valence-electron chi connectivity index (χ4n) is 2.18. The summed E-state index contributed by atoms with van der Waals surface area (Å²) in [6, 6.07) is 11.2. The average Bonchev–Trinajstić information content (AvgIpc) is 2.62. The molecule has 0 radical (unpaired) electrons. The lowest BCUT2D eigenvalue weighted by atomic mass is 10.2. The summed E-state index contributed by atoms with van der Waals surface area (Å²) in [7, 11) is -2.54. The molecule has 0 spiro atoms. The van der Waals surface area contributed by atoms with Crippen LogP contribution in [0.1, 0.15) is 12.5 Å². The predicted octanol–water partition coefficient (Wildman–Crippen LogP) is 2.75. The van der Waals surface area contributed by atoms with Gasteiger partial charge in [0, 0.05) is 0 Å². The molecule has 2 rings (SSSR count). The van der Waals surface area contributed by atoms with E-state index in [9.17, 15) is 13.2 Å². The van der Waals surface area contributed by atoms with E-state index in [-0.39, 0.29) is 11.5 Å². The molecule has 0 aliphatic heterocycles. The van der Waals surface area contributed by atoms with Crippen LogP contribution in [0, 0.1) is 6.92 Å². The minimum atomic E-state index is -3.81. The van der Waals surface area contributed by atoms with Gasteiger partial charge in [-0.15, -0.1) is 0 Å². The fraction of sp³-hybridized carbons (Fsp3) is 0.278. The molecule has 0 bridgehead atoms. The molecule has 1 N–H and O–H groups in total. The highest BCUT2D eigenvalue weighted by atomic mass is 32.2. The van der Waals surface area contributed by atoms with Gasteiger partial charge in [-0.25, -0.2) is 13.2 Å². The molecular weight excluding hydrogens is 358 g/mol. The molecule has 2 aromatic rings. The van der Waals surface area contributed by atoms with Gasteiger partial charge >= 0.3 is 5.97 Å². The van der Waals surface area contributed by atoms with Gasteiger partial charge in [-0.3, -0.25) is 4.72 Å². The Hall–Kier alpha value is -2.74. The minimum absolute atomic E-state index is 0.0757. The van der Waals surface area contributed by atoms with Gasteiger partial charge in [0.15, 0.2) is 6.61 Å². The van der Waals surface area contributed by atoms with E-state index < -0.39 is 16.0 Å². The number of sulfonamides is 1. The van der Waals surface area contributed by atoms with Crippen LogP contribution in [0.4, 0.5) is 5.69 Å². The maximum absolute atomic E-state index is 12.7. The Kier molecular flexibility index (Phi) is 6.46. The van der Waals surface area contributed by atoms with E-state index in [1.807, 2.05) is 6.92 Å². The van der Waals surface area contributed by atoms with Gasteiger partial charge < -0.3 is 14.2 Å². The summed E-state index contributed by atoms with van der Waals surface area (Å²) in [5.41, 5.74) is 0.938. The molecule has 0 atom stereocenters. The second-order valence-corrected chi connectivity index (χ2v) is 7.01. The second-order valence-electron chi connectivity index (χ2n) is 5.33. The normalized spacial score (nSPS) is 10.9. The number of aryl methyl sites for hydroxylation is 1. The van der Waals surface area contributed by atoms with Crippen molar-refractivity contribution in [3.63, 3.8) is 0 Å². The molecule has 0 saturated heterocycles. The van der Waals surface area contributed by atoms with E-state index in [1.165, 1.54) is 25.3 Å². The van der Waals surface area contributed by atoms with Crippen LogP contribution in [0.3, 0.4) is 0 Å². The number of hydrogen-bond donors (Lipinski definition) is 1. The lowest BCUT2D eigenvalue weighted by molar-refractivity contribution is -0.142. The molecule has 0 unspecified atom stereocenters. The van der Waals surface area contributed by atoms with Crippen LogP contribution in [0.5, 0.6) is 11.5 Å². The third-order valence-corrected chi connectivity index (χ3v) is 4.82. The van der Waals surface area contributed by atoms with E-state index in [2.05, 4.69) is 9.46 Å². The van der Waals surface area contributed by atoms with Crippen molar-refractivity contribution in [1.82, 2.24) is 0 Å². The Morgan fingerprint density at radius 1 is 1.08 bits per heavy atom. The monoisotopic (exact) mass is 379 g/mol. The molecule has 0 fully saturated rings. The van der Waals surface area contributed by atoms with E-state index >= 15 is 0 Å². The number of carbonyl (C=O) groups is 1. The largest absolute Gasteiger partial charge is 0.492 e. The maximum Gasteiger partial charge on any atom is 0.343 e. The van der Waals surface area contributed by atoms with Crippen LogP contribution < -0.4 is 14.2 Å². The summed E-state index contributed by atoms with van der Waals surface area (Å²) >= 11 is 0. The number of esters is 1. The fourth-order valence-corrected chi connectivity index (χ4v) is 3.34. The van der Waals surface area contributed by atoms with Crippen LogP contribution in [-0.2, 0) is 19.6 Å². The van der Waals surface area contributed by atoms with Crippen LogP contribution in [0.2, 0.25) is 0 Å². The van der Waals surface area contributed by atoms with Gasteiger partial charge in [0.2, 0.25) is 0 Å². The SMILES string of the molecule is CCOc1ccccc1NS(=O)(=O)c1ccc(OCC(=O)OC)c(C)c1. The molecule has 0 aromatic heterocycles. The zero-order chi connectivity index (χ0) is 19.2. The van der Waals surface area contributed by atoms with Gasteiger partial charge in [0.05, 0.1) is 24.3 Å². The quantitative estimate of drug-likeness (QED) is 0.709. The highest BCUT2D eigenvalue weighted by Crippen LogP contribution is 2.28. The zero-order valence-electron chi connectivity index (χ0n) is 14.8. The lowest BCUT2D eigenvalue weighted by Crippen LogP contribution is -2.15. The number of rotatable bonds is 8. The first-order valence-electron chi connectivity index (χ1n) is 7.92. The van der Waals surface area contributed by atoms with Crippen molar-refractivity contribution in [3.8, 4) is 11.5 Å². The number of hydrogen-bond acceptors (Lipinski definition) is 6. The van der Waals surface area contributed by atoms with Crippen LogP contribution >= 0.6 is 0 Å². The third kappa shape index (κ3) is 4.89.